The summed E-state index contributed by atoms with van der Waals surface area (Å²) in [6.45, 7) is 3.00. The van der Waals surface area contributed by atoms with Crippen molar-refractivity contribution in [2.45, 2.75) is 31.7 Å². The third-order valence-corrected chi connectivity index (χ3v) is 5.57. The van der Waals surface area contributed by atoms with Gasteiger partial charge in [0.25, 0.3) is 5.91 Å². The highest BCUT2D eigenvalue weighted by Crippen LogP contribution is 2.43. The first-order chi connectivity index (χ1) is 12.6. The Bertz CT molecular complexity index is 766. The molecule has 0 bridgehead atoms. The Kier molecular flexibility index (Phi) is 4.53. The Balaban J connectivity index is 1.67. The summed E-state index contributed by atoms with van der Waals surface area (Å²) in [5, 5.41) is 10.4. The highest BCUT2D eigenvalue weighted by molar-refractivity contribution is 6.10. The number of carbonyl (C=O) groups is 2. The van der Waals surface area contributed by atoms with E-state index in [0.29, 0.717) is 13.1 Å². The van der Waals surface area contributed by atoms with Crippen LogP contribution in [0.4, 0.5) is 4.39 Å². The van der Waals surface area contributed by atoms with Crippen LogP contribution in [-0.4, -0.2) is 52.8 Å². The molecule has 0 radical (unpaired) electrons. The maximum atomic E-state index is 14.5. The van der Waals surface area contributed by atoms with Crippen molar-refractivity contribution in [3.8, 4) is 0 Å². The zero-order chi connectivity index (χ0) is 18.3. The predicted octanol–water partition coefficient (Wildman–Crippen LogP) is 2.60. The van der Waals surface area contributed by atoms with Gasteiger partial charge in [-0.15, -0.1) is 0 Å². The van der Waals surface area contributed by atoms with Crippen LogP contribution in [0.2, 0.25) is 0 Å². The number of ketones is 1. The number of hydrogen-bond acceptors (Lipinski definition) is 4. The van der Waals surface area contributed by atoms with E-state index in [1.165, 1.54) is 11.0 Å². The summed E-state index contributed by atoms with van der Waals surface area (Å²) < 4.78 is 14.5. The Morgan fingerprint density at radius 2 is 1.85 bits per heavy atom. The Morgan fingerprint density at radius 1 is 1.15 bits per heavy atom. The highest BCUT2D eigenvalue weighted by Gasteiger charge is 2.47. The first-order valence-corrected chi connectivity index (χ1v) is 9.33. The number of rotatable bonds is 6. The van der Waals surface area contributed by atoms with E-state index >= 15 is 0 Å². The molecular formula is C20H23FN2O3. The van der Waals surface area contributed by atoms with Crippen LogP contribution in [0.3, 0.4) is 0 Å². The average molecular weight is 358 g/mol. The van der Waals surface area contributed by atoms with E-state index < -0.39 is 23.5 Å². The molecule has 1 amide bonds. The van der Waals surface area contributed by atoms with Crippen LogP contribution < -0.4 is 0 Å². The molecule has 0 aromatic heterocycles. The lowest BCUT2D eigenvalue weighted by Gasteiger charge is -2.29. The molecule has 2 heterocycles. The van der Waals surface area contributed by atoms with Gasteiger partial charge in [0.1, 0.15) is 5.82 Å². The molecule has 6 heteroatoms. The van der Waals surface area contributed by atoms with Crippen LogP contribution in [0, 0.1) is 11.7 Å². The molecule has 0 spiro atoms. The van der Waals surface area contributed by atoms with Crippen LogP contribution in [0.15, 0.2) is 35.6 Å². The normalized spacial score (nSPS) is 24.0. The van der Waals surface area contributed by atoms with E-state index in [4.69, 9.17) is 0 Å². The van der Waals surface area contributed by atoms with Crippen molar-refractivity contribution in [3.63, 3.8) is 0 Å². The molecule has 1 unspecified atom stereocenters. The molecule has 1 aliphatic carbocycles. The SMILES string of the molecule is O=C(C1=C(O)C(=O)N(CCN2CCCC2)C1c1ccccc1F)C1CC1. The van der Waals surface area contributed by atoms with Crippen molar-refractivity contribution >= 4 is 11.7 Å². The number of likely N-dealkylation sites (tertiary alicyclic amines) is 1. The minimum Gasteiger partial charge on any atom is -0.503 e. The molecule has 2 fully saturated rings. The molecule has 2 aliphatic heterocycles. The molecular weight excluding hydrogens is 335 g/mol. The molecule has 138 valence electrons. The van der Waals surface area contributed by atoms with Gasteiger partial charge in [-0.1, -0.05) is 18.2 Å². The van der Waals surface area contributed by atoms with E-state index in [0.717, 1.165) is 38.8 Å². The quantitative estimate of drug-likeness (QED) is 0.849. The summed E-state index contributed by atoms with van der Waals surface area (Å²) in [5.41, 5.74) is 0.347. The molecule has 1 aromatic carbocycles. The second kappa shape index (κ2) is 6.83. The van der Waals surface area contributed by atoms with Crippen molar-refractivity contribution in [1.82, 2.24) is 9.80 Å². The number of amides is 1. The standard InChI is InChI=1S/C20H23FN2O3/c21-15-6-2-1-5-14(15)17-16(18(24)13-7-8-13)19(25)20(26)23(17)12-11-22-9-3-4-10-22/h1-2,5-6,13,17,25H,3-4,7-12H2. The molecule has 1 aromatic rings. The van der Waals surface area contributed by atoms with Crippen molar-refractivity contribution in [1.29, 1.82) is 0 Å². The largest absolute Gasteiger partial charge is 0.503 e. The lowest BCUT2D eigenvalue weighted by Crippen LogP contribution is -2.38. The van der Waals surface area contributed by atoms with Crippen LogP contribution in [0.5, 0.6) is 0 Å². The van der Waals surface area contributed by atoms with Crippen LogP contribution >= 0.6 is 0 Å². The van der Waals surface area contributed by atoms with Gasteiger partial charge in [0.2, 0.25) is 0 Å². The van der Waals surface area contributed by atoms with Crippen LogP contribution in [0.1, 0.15) is 37.3 Å². The molecule has 1 saturated carbocycles. The minimum atomic E-state index is -0.834. The monoisotopic (exact) mass is 358 g/mol. The van der Waals surface area contributed by atoms with Crippen molar-refractivity contribution in [2.24, 2.45) is 5.92 Å². The van der Waals surface area contributed by atoms with Crippen LogP contribution in [0.25, 0.3) is 0 Å². The van der Waals surface area contributed by atoms with Gasteiger partial charge in [0.15, 0.2) is 11.5 Å². The summed E-state index contributed by atoms with van der Waals surface area (Å²) in [7, 11) is 0. The van der Waals surface area contributed by atoms with Crippen molar-refractivity contribution in [2.75, 3.05) is 26.2 Å². The van der Waals surface area contributed by atoms with Gasteiger partial charge < -0.3 is 14.9 Å². The lowest BCUT2D eigenvalue weighted by molar-refractivity contribution is -0.129. The van der Waals surface area contributed by atoms with E-state index in [1.807, 2.05) is 0 Å². The number of hydrogen-bond donors (Lipinski definition) is 1. The number of Topliss-reactive ketones (excluding diaryl/α,β-unsaturated/α-hetero) is 1. The lowest BCUT2D eigenvalue weighted by atomic mass is 9.94. The number of halogens is 1. The first-order valence-electron chi connectivity index (χ1n) is 9.33. The van der Waals surface area contributed by atoms with Gasteiger partial charge in [0.05, 0.1) is 11.6 Å². The van der Waals surface area contributed by atoms with Gasteiger partial charge >= 0.3 is 0 Å². The first kappa shape index (κ1) is 17.2. The van der Waals surface area contributed by atoms with Gasteiger partial charge in [0, 0.05) is 24.6 Å². The van der Waals surface area contributed by atoms with Crippen LogP contribution in [-0.2, 0) is 9.59 Å². The Morgan fingerprint density at radius 3 is 2.50 bits per heavy atom. The third-order valence-electron chi connectivity index (χ3n) is 5.57. The van der Waals surface area contributed by atoms with Crippen molar-refractivity contribution < 1.29 is 19.1 Å². The van der Waals surface area contributed by atoms with E-state index in [-0.39, 0.29) is 22.8 Å². The summed E-state index contributed by atoms with van der Waals surface area (Å²) >= 11 is 0. The molecule has 1 saturated heterocycles. The molecule has 1 N–H and O–H groups in total. The minimum absolute atomic E-state index is 0.0732. The zero-order valence-corrected chi connectivity index (χ0v) is 14.7. The van der Waals surface area contributed by atoms with E-state index in [1.54, 1.807) is 18.2 Å². The highest BCUT2D eigenvalue weighted by atomic mass is 19.1. The van der Waals surface area contributed by atoms with E-state index in [9.17, 15) is 19.1 Å². The average Bonchev–Trinajstić information content (AvgIpc) is 3.30. The number of aliphatic hydroxyl groups excluding tert-OH is 1. The van der Waals surface area contributed by atoms with Crippen molar-refractivity contribution in [3.05, 3.63) is 47.0 Å². The second-order valence-corrected chi connectivity index (χ2v) is 7.37. The number of nitrogens with zero attached hydrogens (tertiary/aromatic N) is 2. The topological polar surface area (TPSA) is 60.9 Å². The van der Waals surface area contributed by atoms with Gasteiger partial charge in [-0.2, -0.15) is 0 Å². The number of carbonyl (C=O) groups excluding carboxylic acids is 2. The fourth-order valence-corrected chi connectivity index (χ4v) is 3.98. The number of benzene rings is 1. The second-order valence-electron chi connectivity index (χ2n) is 7.37. The summed E-state index contributed by atoms with van der Waals surface area (Å²) in [6, 6.07) is 5.35. The fourth-order valence-electron chi connectivity index (χ4n) is 3.98. The summed E-state index contributed by atoms with van der Waals surface area (Å²) in [6.07, 6.45) is 3.81. The molecule has 1 atom stereocenters. The van der Waals surface area contributed by atoms with E-state index in [2.05, 4.69) is 4.90 Å². The maximum Gasteiger partial charge on any atom is 0.290 e. The molecule has 3 aliphatic rings. The fraction of sp³-hybridized carbons (Fsp3) is 0.500. The molecule has 5 nitrogen and oxygen atoms in total. The predicted molar refractivity (Wildman–Crippen MR) is 93.9 cm³/mol. The Hall–Kier alpha value is -2.21. The molecule has 4 rings (SSSR count). The maximum absolute atomic E-state index is 14.5. The smallest absolute Gasteiger partial charge is 0.290 e. The van der Waals surface area contributed by atoms with Gasteiger partial charge in [-0.3, -0.25) is 9.59 Å². The number of aliphatic hydroxyl groups is 1. The summed E-state index contributed by atoms with van der Waals surface area (Å²) in [5.74, 6) is -1.90. The third kappa shape index (κ3) is 3.03. The molecule has 26 heavy (non-hydrogen) atoms. The van der Waals surface area contributed by atoms with Gasteiger partial charge in [-0.05, 0) is 44.8 Å². The van der Waals surface area contributed by atoms with Gasteiger partial charge in [-0.25, -0.2) is 4.39 Å². The Labute approximate surface area is 152 Å². The zero-order valence-electron chi connectivity index (χ0n) is 14.7. The summed E-state index contributed by atoms with van der Waals surface area (Å²) in [4.78, 5) is 29.1.